The molecule has 0 aliphatic carbocycles. The molecule has 2 aromatic rings. The van der Waals surface area contributed by atoms with Crippen LogP contribution in [-0.4, -0.2) is 45.2 Å². The number of benzene rings is 1. The fourth-order valence-corrected chi connectivity index (χ4v) is 2.92. The number of hydrogen-bond acceptors (Lipinski definition) is 6. The highest BCUT2D eigenvalue weighted by Gasteiger charge is 2.11. The summed E-state index contributed by atoms with van der Waals surface area (Å²) in [7, 11) is -3.01. The molecule has 6 nitrogen and oxygen atoms in total. The second kappa shape index (κ2) is 7.60. The Morgan fingerprint density at radius 1 is 1.29 bits per heavy atom. The number of aryl methyl sites for hydroxylation is 2. The smallest absolute Gasteiger partial charge is 0.149 e. The molecule has 2 rings (SSSR count). The van der Waals surface area contributed by atoms with Crippen LogP contribution in [0, 0.1) is 25.2 Å². The van der Waals surface area contributed by atoms with Crippen molar-refractivity contribution in [2.45, 2.75) is 13.8 Å². The first-order chi connectivity index (χ1) is 11.3. The van der Waals surface area contributed by atoms with E-state index in [1.165, 1.54) is 6.26 Å². The van der Waals surface area contributed by atoms with E-state index in [-0.39, 0.29) is 12.4 Å². The summed E-state index contributed by atoms with van der Waals surface area (Å²) in [5, 5.41) is 13.4. The molecule has 24 heavy (non-hydrogen) atoms. The van der Waals surface area contributed by atoms with Crippen LogP contribution in [0.4, 0.5) is 5.69 Å². The SMILES string of the molecule is Cc1cc(C)c2ncc(C#N)c(NCCOCCS(C)(=O)=O)c2c1. The predicted molar refractivity (Wildman–Crippen MR) is 95.0 cm³/mol. The van der Waals surface area contributed by atoms with Gasteiger partial charge in [0.1, 0.15) is 15.9 Å². The highest BCUT2D eigenvalue weighted by molar-refractivity contribution is 7.90. The molecule has 0 bridgehead atoms. The van der Waals surface area contributed by atoms with E-state index in [0.717, 1.165) is 27.7 Å². The quantitative estimate of drug-likeness (QED) is 0.772. The molecule has 1 heterocycles. The maximum Gasteiger partial charge on any atom is 0.149 e. The van der Waals surface area contributed by atoms with Crippen molar-refractivity contribution in [2.24, 2.45) is 0 Å². The maximum absolute atomic E-state index is 11.0. The number of nitriles is 1. The molecule has 1 N–H and O–H groups in total. The molecular weight excluding hydrogens is 326 g/mol. The summed E-state index contributed by atoms with van der Waals surface area (Å²) in [5.74, 6) is 0.00697. The zero-order chi connectivity index (χ0) is 17.7. The maximum atomic E-state index is 11.0. The lowest BCUT2D eigenvalue weighted by molar-refractivity contribution is 0.159. The Morgan fingerprint density at radius 3 is 2.71 bits per heavy atom. The van der Waals surface area contributed by atoms with Gasteiger partial charge in [-0.15, -0.1) is 0 Å². The average Bonchev–Trinajstić information content (AvgIpc) is 2.49. The molecule has 1 aromatic heterocycles. The number of ether oxygens (including phenoxy) is 1. The van der Waals surface area contributed by atoms with Gasteiger partial charge in [-0.3, -0.25) is 4.98 Å². The largest absolute Gasteiger partial charge is 0.381 e. The first-order valence-corrected chi connectivity index (χ1v) is 9.67. The van der Waals surface area contributed by atoms with Gasteiger partial charge in [-0.25, -0.2) is 8.42 Å². The summed E-state index contributed by atoms with van der Waals surface area (Å²) >= 11 is 0. The van der Waals surface area contributed by atoms with Crippen molar-refractivity contribution in [2.75, 3.05) is 37.1 Å². The van der Waals surface area contributed by atoms with Crippen molar-refractivity contribution in [1.29, 1.82) is 5.26 Å². The van der Waals surface area contributed by atoms with Crippen molar-refractivity contribution in [3.05, 3.63) is 35.0 Å². The van der Waals surface area contributed by atoms with Crippen LogP contribution in [0.25, 0.3) is 10.9 Å². The Balaban J connectivity index is 2.12. The number of aromatic nitrogens is 1. The number of hydrogen-bond donors (Lipinski definition) is 1. The first-order valence-electron chi connectivity index (χ1n) is 7.61. The summed E-state index contributed by atoms with van der Waals surface area (Å²) in [6.45, 7) is 5.00. The van der Waals surface area contributed by atoms with E-state index in [0.29, 0.717) is 18.7 Å². The summed E-state index contributed by atoms with van der Waals surface area (Å²) in [6.07, 6.45) is 2.75. The van der Waals surface area contributed by atoms with Gasteiger partial charge >= 0.3 is 0 Å². The van der Waals surface area contributed by atoms with Gasteiger partial charge in [0.15, 0.2) is 0 Å². The topological polar surface area (TPSA) is 92.1 Å². The van der Waals surface area contributed by atoms with Crippen LogP contribution in [0.3, 0.4) is 0 Å². The standard InChI is InChI=1S/C17H21N3O3S/c1-12-8-13(2)16-15(9-12)17(14(10-18)11-20-16)19-4-5-23-6-7-24(3,21)22/h8-9,11H,4-7H2,1-3H3,(H,19,20). The number of rotatable bonds is 7. The van der Waals surface area contributed by atoms with E-state index >= 15 is 0 Å². The molecule has 0 unspecified atom stereocenters. The third kappa shape index (κ3) is 4.66. The Morgan fingerprint density at radius 2 is 2.04 bits per heavy atom. The third-order valence-corrected chi connectivity index (χ3v) is 4.48. The molecule has 0 aliphatic heterocycles. The molecule has 7 heteroatoms. The van der Waals surface area contributed by atoms with Crippen molar-refractivity contribution in [3.8, 4) is 6.07 Å². The van der Waals surface area contributed by atoms with Crippen molar-refractivity contribution in [1.82, 2.24) is 4.98 Å². The van der Waals surface area contributed by atoms with E-state index < -0.39 is 9.84 Å². The van der Waals surface area contributed by atoms with Gasteiger partial charge < -0.3 is 10.1 Å². The zero-order valence-corrected chi connectivity index (χ0v) is 14.9. The third-order valence-electron chi connectivity index (χ3n) is 3.57. The predicted octanol–water partition coefficient (Wildman–Crippen LogP) is 2.20. The number of sulfone groups is 1. The lowest BCUT2D eigenvalue weighted by Gasteiger charge is -2.13. The summed E-state index contributed by atoms with van der Waals surface area (Å²) in [5.41, 5.74) is 4.23. The van der Waals surface area contributed by atoms with Crippen LogP contribution in [0.2, 0.25) is 0 Å². The van der Waals surface area contributed by atoms with Crippen LogP contribution in [0.5, 0.6) is 0 Å². The highest BCUT2D eigenvalue weighted by Crippen LogP contribution is 2.28. The second-order valence-corrected chi connectivity index (χ2v) is 8.07. The van der Waals surface area contributed by atoms with Crippen LogP contribution in [0.15, 0.2) is 18.3 Å². The minimum absolute atomic E-state index is 0.00697. The monoisotopic (exact) mass is 347 g/mol. The fraction of sp³-hybridized carbons (Fsp3) is 0.412. The number of nitrogens with one attached hydrogen (secondary N) is 1. The van der Waals surface area contributed by atoms with Gasteiger partial charge in [0.25, 0.3) is 0 Å². The van der Waals surface area contributed by atoms with Gasteiger partial charge in [-0.1, -0.05) is 11.6 Å². The molecule has 0 atom stereocenters. The number of pyridine rings is 1. The fourth-order valence-electron chi connectivity index (χ4n) is 2.50. The van der Waals surface area contributed by atoms with Crippen molar-refractivity contribution >= 4 is 26.4 Å². The van der Waals surface area contributed by atoms with E-state index in [4.69, 9.17) is 4.74 Å². The molecule has 0 fully saturated rings. The Kier molecular flexibility index (Phi) is 5.75. The summed E-state index contributed by atoms with van der Waals surface area (Å²) in [4.78, 5) is 4.38. The zero-order valence-electron chi connectivity index (χ0n) is 14.1. The molecular formula is C17H21N3O3S. The van der Waals surface area contributed by atoms with Crippen LogP contribution in [-0.2, 0) is 14.6 Å². The molecule has 0 radical (unpaired) electrons. The number of anilines is 1. The van der Waals surface area contributed by atoms with Gasteiger partial charge in [-0.05, 0) is 25.5 Å². The molecule has 128 valence electrons. The minimum atomic E-state index is -3.01. The highest BCUT2D eigenvalue weighted by atomic mass is 32.2. The van der Waals surface area contributed by atoms with E-state index in [2.05, 4.69) is 22.4 Å². The Hall–Kier alpha value is -2.17. The van der Waals surface area contributed by atoms with E-state index in [1.54, 1.807) is 6.20 Å². The van der Waals surface area contributed by atoms with Gasteiger partial charge in [0.2, 0.25) is 0 Å². The molecule has 0 amide bonds. The van der Waals surface area contributed by atoms with Gasteiger partial charge in [-0.2, -0.15) is 5.26 Å². The van der Waals surface area contributed by atoms with Gasteiger partial charge in [0.05, 0.1) is 35.7 Å². The second-order valence-electron chi connectivity index (χ2n) is 5.81. The summed E-state index contributed by atoms with van der Waals surface area (Å²) in [6, 6.07) is 6.21. The number of nitrogens with zero attached hydrogens (tertiary/aromatic N) is 2. The van der Waals surface area contributed by atoms with Crippen molar-refractivity contribution in [3.63, 3.8) is 0 Å². The van der Waals surface area contributed by atoms with Crippen LogP contribution < -0.4 is 5.32 Å². The lowest BCUT2D eigenvalue weighted by Crippen LogP contribution is -2.15. The Bertz CT molecular complexity index is 886. The average molecular weight is 347 g/mol. The summed E-state index contributed by atoms with van der Waals surface area (Å²) < 4.78 is 27.4. The van der Waals surface area contributed by atoms with Gasteiger partial charge in [0, 0.05) is 24.4 Å². The molecule has 0 saturated heterocycles. The Labute approximate surface area is 142 Å². The molecule has 1 aromatic carbocycles. The lowest BCUT2D eigenvalue weighted by atomic mass is 10.0. The van der Waals surface area contributed by atoms with E-state index in [1.807, 2.05) is 19.9 Å². The first kappa shape index (κ1) is 18.2. The number of fused-ring (bicyclic) bond motifs is 1. The molecule has 0 spiro atoms. The normalized spacial score (nSPS) is 11.4. The molecule has 0 aliphatic rings. The van der Waals surface area contributed by atoms with Crippen LogP contribution in [0.1, 0.15) is 16.7 Å². The van der Waals surface area contributed by atoms with E-state index in [9.17, 15) is 13.7 Å². The van der Waals surface area contributed by atoms with Crippen LogP contribution >= 0.6 is 0 Å². The van der Waals surface area contributed by atoms with Crippen molar-refractivity contribution < 1.29 is 13.2 Å². The minimum Gasteiger partial charge on any atom is -0.381 e. The molecule has 0 saturated carbocycles.